The van der Waals surface area contributed by atoms with Crippen LogP contribution in [-0.4, -0.2) is 6.36 Å². The molecule has 2 aliphatic carbocycles. The van der Waals surface area contributed by atoms with Crippen LogP contribution in [0.3, 0.4) is 0 Å². The third-order valence-corrected chi connectivity index (χ3v) is 6.21. The lowest BCUT2D eigenvalue weighted by molar-refractivity contribution is -0.274. The topological polar surface area (TPSA) is 9.23 Å². The Bertz CT molecular complexity index is 612. The molecular formula is C22H29F3O. The molecule has 1 aromatic rings. The van der Waals surface area contributed by atoms with Crippen molar-refractivity contribution in [2.24, 2.45) is 17.8 Å². The monoisotopic (exact) mass is 366 g/mol. The van der Waals surface area contributed by atoms with Gasteiger partial charge in [0.05, 0.1) is 0 Å². The molecule has 0 aliphatic heterocycles. The summed E-state index contributed by atoms with van der Waals surface area (Å²) in [5, 5.41) is 0. The average Bonchev–Trinajstić information content (AvgIpc) is 2.61. The molecular weight excluding hydrogens is 337 g/mol. The zero-order valence-electron chi connectivity index (χ0n) is 15.5. The Hall–Kier alpha value is -1.45. The summed E-state index contributed by atoms with van der Waals surface area (Å²) in [6, 6.07) is 4.88. The highest BCUT2D eigenvalue weighted by atomic mass is 19.4. The normalized spacial score (nSPS) is 26.7. The molecule has 3 rings (SSSR count). The first-order valence-electron chi connectivity index (χ1n) is 9.93. The lowest BCUT2D eigenvalue weighted by atomic mass is 9.69. The molecule has 0 aromatic heterocycles. The van der Waals surface area contributed by atoms with Crippen LogP contribution in [0.1, 0.15) is 63.0 Å². The number of rotatable bonds is 5. The molecule has 144 valence electrons. The molecule has 0 spiro atoms. The summed E-state index contributed by atoms with van der Waals surface area (Å²) in [7, 11) is 0. The van der Waals surface area contributed by atoms with Crippen molar-refractivity contribution in [3.8, 4) is 5.75 Å². The van der Waals surface area contributed by atoms with Crippen molar-refractivity contribution in [3.05, 3.63) is 41.5 Å². The highest BCUT2D eigenvalue weighted by Crippen LogP contribution is 2.41. The maximum absolute atomic E-state index is 12.4. The van der Waals surface area contributed by atoms with Gasteiger partial charge in [-0.05, 0) is 92.9 Å². The van der Waals surface area contributed by atoms with E-state index < -0.39 is 6.36 Å². The Kier molecular flexibility index (Phi) is 6.31. The van der Waals surface area contributed by atoms with Crippen molar-refractivity contribution in [1.82, 2.24) is 0 Å². The van der Waals surface area contributed by atoms with Gasteiger partial charge >= 0.3 is 6.36 Å². The second-order valence-corrected chi connectivity index (χ2v) is 7.91. The van der Waals surface area contributed by atoms with E-state index in [2.05, 4.69) is 23.8 Å². The maximum Gasteiger partial charge on any atom is 0.573 e. The summed E-state index contributed by atoms with van der Waals surface area (Å²) in [6.45, 7) is 2.08. The fourth-order valence-corrected chi connectivity index (χ4v) is 4.81. The zero-order chi connectivity index (χ0) is 18.6. The first-order valence-corrected chi connectivity index (χ1v) is 9.93. The Morgan fingerprint density at radius 2 is 1.81 bits per heavy atom. The van der Waals surface area contributed by atoms with E-state index in [9.17, 15) is 13.2 Å². The van der Waals surface area contributed by atoms with Gasteiger partial charge in [-0.1, -0.05) is 31.1 Å². The van der Waals surface area contributed by atoms with Gasteiger partial charge in [0.2, 0.25) is 0 Å². The molecule has 0 bridgehead atoms. The summed E-state index contributed by atoms with van der Waals surface area (Å²) in [6.07, 6.45) is 10.6. The van der Waals surface area contributed by atoms with Gasteiger partial charge in [0.15, 0.2) is 0 Å². The molecule has 0 radical (unpaired) electrons. The molecule has 0 amide bonds. The molecule has 4 heteroatoms. The van der Waals surface area contributed by atoms with Crippen LogP contribution in [0, 0.1) is 17.8 Å². The SMILES string of the molecule is C/C=C/CCC1CCC(C2CCc3cc(OC(F)(F)F)ccc3C2)CC1. The van der Waals surface area contributed by atoms with Crippen LogP contribution in [0.15, 0.2) is 30.4 Å². The Labute approximate surface area is 154 Å². The van der Waals surface area contributed by atoms with Crippen molar-refractivity contribution in [3.63, 3.8) is 0 Å². The number of hydrogen-bond acceptors (Lipinski definition) is 1. The molecule has 1 saturated carbocycles. The van der Waals surface area contributed by atoms with Crippen LogP contribution in [-0.2, 0) is 12.8 Å². The quantitative estimate of drug-likeness (QED) is 0.518. The van der Waals surface area contributed by atoms with E-state index in [0.717, 1.165) is 36.7 Å². The van der Waals surface area contributed by atoms with E-state index in [1.807, 2.05) is 6.07 Å². The smallest absolute Gasteiger partial charge is 0.406 e. The summed E-state index contributed by atoms with van der Waals surface area (Å²) in [5.74, 6) is 2.26. The Morgan fingerprint density at radius 1 is 1.04 bits per heavy atom. The van der Waals surface area contributed by atoms with Crippen molar-refractivity contribution in [2.75, 3.05) is 0 Å². The first kappa shape index (κ1) is 19.3. The van der Waals surface area contributed by atoms with Crippen LogP contribution in [0.5, 0.6) is 5.75 Å². The summed E-state index contributed by atoms with van der Waals surface area (Å²) >= 11 is 0. The average molecular weight is 366 g/mol. The number of allylic oxidation sites excluding steroid dienone is 2. The number of aryl methyl sites for hydroxylation is 1. The molecule has 1 unspecified atom stereocenters. The number of hydrogen-bond donors (Lipinski definition) is 0. The fraction of sp³-hybridized carbons (Fsp3) is 0.636. The van der Waals surface area contributed by atoms with Gasteiger partial charge in [0.25, 0.3) is 0 Å². The highest BCUT2D eigenvalue weighted by molar-refractivity contribution is 5.37. The van der Waals surface area contributed by atoms with E-state index in [4.69, 9.17) is 0 Å². The van der Waals surface area contributed by atoms with Gasteiger partial charge < -0.3 is 4.74 Å². The van der Waals surface area contributed by atoms with Gasteiger partial charge in [0.1, 0.15) is 5.75 Å². The molecule has 1 aromatic carbocycles. The lowest BCUT2D eigenvalue weighted by Crippen LogP contribution is -2.26. The fourth-order valence-electron chi connectivity index (χ4n) is 4.81. The molecule has 0 saturated heterocycles. The Balaban J connectivity index is 1.53. The number of ether oxygens (including phenoxy) is 1. The minimum absolute atomic E-state index is 0.0867. The minimum atomic E-state index is -4.61. The van der Waals surface area contributed by atoms with Crippen molar-refractivity contribution < 1.29 is 17.9 Å². The van der Waals surface area contributed by atoms with E-state index in [0.29, 0.717) is 5.92 Å². The number of alkyl halides is 3. The summed E-state index contributed by atoms with van der Waals surface area (Å²) in [5.41, 5.74) is 2.24. The molecule has 1 fully saturated rings. The number of fused-ring (bicyclic) bond motifs is 1. The van der Waals surface area contributed by atoms with Gasteiger partial charge in [-0.25, -0.2) is 0 Å². The van der Waals surface area contributed by atoms with Crippen molar-refractivity contribution >= 4 is 0 Å². The van der Waals surface area contributed by atoms with Gasteiger partial charge in [-0.15, -0.1) is 13.2 Å². The molecule has 26 heavy (non-hydrogen) atoms. The largest absolute Gasteiger partial charge is 0.573 e. The minimum Gasteiger partial charge on any atom is -0.406 e. The molecule has 0 N–H and O–H groups in total. The Morgan fingerprint density at radius 3 is 2.50 bits per heavy atom. The standard InChI is InChI=1S/C22H29F3O/c1-2-3-4-5-16-6-8-17(9-7-16)18-10-11-20-15-21(26-22(23,24)25)13-12-19(20)14-18/h2-3,12-13,15-18H,4-11,14H2,1H3/b3-2+. The van der Waals surface area contributed by atoms with E-state index >= 15 is 0 Å². The van der Waals surface area contributed by atoms with Crippen molar-refractivity contribution in [2.45, 2.75) is 71.1 Å². The molecule has 2 aliphatic rings. The van der Waals surface area contributed by atoms with Crippen LogP contribution in [0.2, 0.25) is 0 Å². The molecule has 1 atom stereocenters. The van der Waals surface area contributed by atoms with E-state index in [-0.39, 0.29) is 5.75 Å². The zero-order valence-corrected chi connectivity index (χ0v) is 15.5. The molecule has 0 heterocycles. The van der Waals surface area contributed by atoms with E-state index in [1.54, 1.807) is 6.07 Å². The third-order valence-electron chi connectivity index (χ3n) is 6.21. The maximum atomic E-state index is 12.4. The van der Waals surface area contributed by atoms with E-state index in [1.165, 1.54) is 50.2 Å². The van der Waals surface area contributed by atoms with Crippen LogP contribution in [0.25, 0.3) is 0 Å². The summed E-state index contributed by atoms with van der Waals surface area (Å²) < 4.78 is 41.2. The van der Waals surface area contributed by atoms with Gasteiger partial charge in [-0.3, -0.25) is 0 Å². The predicted octanol–water partition coefficient (Wildman–Crippen LogP) is 6.85. The first-order chi connectivity index (χ1) is 12.4. The third kappa shape index (κ3) is 5.28. The van der Waals surface area contributed by atoms with Crippen LogP contribution in [0.4, 0.5) is 13.2 Å². The van der Waals surface area contributed by atoms with Crippen LogP contribution >= 0.6 is 0 Å². The summed E-state index contributed by atoms with van der Waals surface area (Å²) in [4.78, 5) is 0. The predicted molar refractivity (Wildman–Crippen MR) is 98.1 cm³/mol. The second-order valence-electron chi connectivity index (χ2n) is 7.91. The van der Waals surface area contributed by atoms with Gasteiger partial charge in [-0.2, -0.15) is 0 Å². The second kappa shape index (κ2) is 8.49. The van der Waals surface area contributed by atoms with Gasteiger partial charge in [0, 0.05) is 0 Å². The lowest BCUT2D eigenvalue weighted by Gasteiger charge is -2.36. The van der Waals surface area contributed by atoms with Crippen molar-refractivity contribution in [1.29, 1.82) is 0 Å². The highest BCUT2D eigenvalue weighted by Gasteiger charge is 2.33. The number of benzene rings is 1. The molecule has 1 nitrogen and oxygen atoms in total. The number of halogens is 3. The van der Waals surface area contributed by atoms with Crippen LogP contribution < -0.4 is 4.74 Å².